The molecule has 0 aliphatic carbocycles. The second kappa shape index (κ2) is 8.01. The van der Waals surface area contributed by atoms with Crippen LogP contribution in [0.2, 0.25) is 5.02 Å². The second-order valence-electron chi connectivity index (χ2n) is 5.92. The first-order valence-electron chi connectivity index (χ1n) is 8.16. The van der Waals surface area contributed by atoms with Crippen LogP contribution >= 0.6 is 11.6 Å². The molecule has 0 aliphatic heterocycles. The molecule has 0 saturated heterocycles. The number of halogens is 1. The summed E-state index contributed by atoms with van der Waals surface area (Å²) in [6.45, 7) is 3.76. The molecule has 3 rings (SSSR count). The zero-order chi connectivity index (χ0) is 18.5. The predicted molar refractivity (Wildman–Crippen MR) is 99.6 cm³/mol. The Hall–Kier alpha value is -2.86. The van der Waals surface area contributed by atoms with Crippen molar-refractivity contribution in [3.05, 3.63) is 71.3 Å². The predicted octanol–water partition coefficient (Wildman–Crippen LogP) is 3.49. The van der Waals surface area contributed by atoms with E-state index in [1.54, 1.807) is 23.1 Å². The van der Waals surface area contributed by atoms with E-state index in [0.29, 0.717) is 10.8 Å². The lowest BCUT2D eigenvalue weighted by Crippen LogP contribution is -2.31. The molecule has 26 heavy (non-hydrogen) atoms. The van der Waals surface area contributed by atoms with Crippen molar-refractivity contribution in [2.75, 3.05) is 6.61 Å². The zero-order valence-corrected chi connectivity index (χ0v) is 15.3. The molecule has 1 atom stereocenters. The number of hydrogen-bond acceptors (Lipinski definition) is 4. The van der Waals surface area contributed by atoms with Gasteiger partial charge in [-0.1, -0.05) is 23.7 Å². The molecule has 0 fully saturated rings. The third-order valence-corrected chi connectivity index (χ3v) is 4.38. The van der Waals surface area contributed by atoms with E-state index in [1.807, 2.05) is 44.2 Å². The molecular weight excluding hydrogens is 352 g/mol. The van der Waals surface area contributed by atoms with Gasteiger partial charge < -0.3 is 10.1 Å². The molecule has 1 N–H and O–H groups in total. The minimum absolute atomic E-state index is 0.0531. The quantitative estimate of drug-likeness (QED) is 0.721. The number of ether oxygens (including phenoxy) is 1. The van der Waals surface area contributed by atoms with Gasteiger partial charge in [-0.15, -0.1) is 0 Å². The molecule has 0 spiro atoms. The number of amides is 1. The fourth-order valence-electron chi connectivity index (χ4n) is 2.48. The number of aromatic nitrogens is 3. The van der Waals surface area contributed by atoms with E-state index in [-0.39, 0.29) is 18.6 Å². The maximum atomic E-state index is 12.1. The van der Waals surface area contributed by atoms with Crippen molar-refractivity contribution >= 4 is 17.5 Å². The lowest BCUT2D eigenvalue weighted by atomic mass is 10.1. The first-order valence-corrected chi connectivity index (χ1v) is 8.54. The summed E-state index contributed by atoms with van der Waals surface area (Å²) in [7, 11) is 0. The smallest absolute Gasteiger partial charge is 0.258 e. The van der Waals surface area contributed by atoms with Crippen LogP contribution in [0.5, 0.6) is 5.75 Å². The summed E-state index contributed by atoms with van der Waals surface area (Å²) in [6.07, 6.45) is 3.12. The monoisotopic (exact) mass is 370 g/mol. The number of hydrogen-bond donors (Lipinski definition) is 1. The van der Waals surface area contributed by atoms with Crippen LogP contribution in [0.15, 0.2) is 55.1 Å². The number of carbonyl (C=O) groups is 1. The van der Waals surface area contributed by atoms with Crippen molar-refractivity contribution in [2.24, 2.45) is 0 Å². The largest absolute Gasteiger partial charge is 0.484 e. The van der Waals surface area contributed by atoms with Crippen molar-refractivity contribution in [2.45, 2.75) is 19.9 Å². The maximum absolute atomic E-state index is 12.1. The van der Waals surface area contributed by atoms with E-state index in [9.17, 15) is 4.79 Å². The molecule has 0 radical (unpaired) electrons. The van der Waals surface area contributed by atoms with Crippen LogP contribution in [0.4, 0.5) is 0 Å². The average molecular weight is 371 g/mol. The van der Waals surface area contributed by atoms with Gasteiger partial charge in [0.2, 0.25) is 0 Å². The Bertz CT molecular complexity index is 879. The van der Waals surface area contributed by atoms with Crippen molar-refractivity contribution in [3.8, 4) is 11.4 Å². The van der Waals surface area contributed by atoms with Gasteiger partial charge in [0, 0.05) is 5.02 Å². The SMILES string of the molecule is Cc1cc(OCC(=O)N[C@H](C)c2ccc(-n3cncn3)cc2)ccc1Cl. The highest BCUT2D eigenvalue weighted by molar-refractivity contribution is 6.31. The number of rotatable bonds is 6. The molecule has 134 valence electrons. The van der Waals surface area contributed by atoms with Gasteiger partial charge in [0.05, 0.1) is 11.7 Å². The van der Waals surface area contributed by atoms with E-state index in [0.717, 1.165) is 16.8 Å². The third-order valence-electron chi connectivity index (χ3n) is 3.95. The Balaban J connectivity index is 1.54. The van der Waals surface area contributed by atoms with Gasteiger partial charge in [-0.2, -0.15) is 5.10 Å². The molecule has 0 bridgehead atoms. The summed E-state index contributed by atoms with van der Waals surface area (Å²) in [6, 6.07) is 12.9. The molecule has 1 heterocycles. The van der Waals surface area contributed by atoms with E-state index < -0.39 is 0 Å². The summed E-state index contributed by atoms with van der Waals surface area (Å²) in [4.78, 5) is 16.0. The average Bonchev–Trinajstić information content (AvgIpc) is 3.17. The topological polar surface area (TPSA) is 69.0 Å². The number of nitrogens with zero attached hydrogens (tertiary/aromatic N) is 3. The second-order valence-corrected chi connectivity index (χ2v) is 6.33. The molecule has 0 aliphatic rings. The molecule has 0 unspecified atom stereocenters. The Kier molecular flexibility index (Phi) is 5.53. The molecule has 1 aromatic heterocycles. The molecule has 7 heteroatoms. The Morgan fingerprint density at radius 3 is 2.69 bits per heavy atom. The van der Waals surface area contributed by atoms with E-state index in [1.165, 1.54) is 6.33 Å². The van der Waals surface area contributed by atoms with Crippen LogP contribution in [0.25, 0.3) is 5.69 Å². The maximum Gasteiger partial charge on any atom is 0.258 e. The highest BCUT2D eigenvalue weighted by Crippen LogP contribution is 2.21. The van der Waals surface area contributed by atoms with E-state index in [2.05, 4.69) is 15.4 Å². The van der Waals surface area contributed by atoms with Gasteiger partial charge >= 0.3 is 0 Å². The van der Waals surface area contributed by atoms with Crippen LogP contribution in [0.3, 0.4) is 0 Å². The molecule has 6 nitrogen and oxygen atoms in total. The number of benzene rings is 2. The lowest BCUT2D eigenvalue weighted by Gasteiger charge is -2.15. The summed E-state index contributed by atoms with van der Waals surface area (Å²) in [5.41, 5.74) is 2.81. The van der Waals surface area contributed by atoms with Gasteiger partial charge in [-0.05, 0) is 55.3 Å². The summed E-state index contributed by atoms with van der Waals surface area (Å²) < 4.78 is 7.19. The minimum Gasteiger partial charge on any atom is -0.484 e. The first kappa shape index (κ1) is 17.9. The van der Waals surface area contributed by atoms with Crippen LogP contribution < -0.4 is 10.1 Å². The van der Waals surface area contributed by atoms with Gasteiger partial charge in [0.15, 0.2) is 6.61 Å². The van der Waals surface area contributed by atoms with Crippen molar-refractivity contribution < 1.29 is 9.53 Å². The standard InChI is InChI=1S/C19H19ClN4O2/c1-13-9-17(7-8-18(13)20)26-10-19(25)23-14(2)15-3-5-16(6-4-15)24-12-21-11-22-24/h3-9,11-12,14H,10H2,1-2H3,(H,23,25)/t14-/m1/s1. The van der Waals surface area contributed by atoms with Gasteiger partial charge in [0.25, 0.3) is 5.91 Å². The number of aryl methyl sites for hydroxylation is 1. The van der Waals surface area contributed by atoms with Gasteiger partial charge in [-0.25, -0.2) is 9.67 Å². The third kappa shape index (κ3) is 4.40. The molecule has 3 aromatic rings. The zero-order valence-electron chi connectivity index (χ0n) is 14.5. The van der Waals surface area contributed by atoms with Crippen molar-refractivity contribution in [3.63, 3.8) is 0 Å². The van der Waals surface area contributed by atoms with Crippen LogP contribution in [0, 0.1) is 6.92 Å². The highest BCUT2D eigenvalue weighted by Gasteiger charge is 2.11. The van der Waals surface area contributed by atoms with Crippen molar-refractivity contribution in [1.29, 1.82) is 0 Å². The lowest BCUT2D eigenvalue weighted by molar-refractivity contribution is -0.123. The van der Waals surface area contributed by atoms with E-state index in [4.69, 9.17) is 16.3 Å². The van der Waals surface area contributed by atoms with E-state index >= 15 is 0 Å². The minimum atomic E-state index is -0.189. The van der Waals surface area contributed by atoms with Crippen molar-refractivity contribution in [1.82, 2.24) is 20.1 Å². The summed E-state index contributed by atoms with van der Waals surface area (Å²) in [5, 5.41) is 7.68. The number of carbonyl (C=O) groups excluding carboxylic acids is 1. The fourth-order valence-corrected chi connectivity index (χ4v) is 2.60. The summed E-state index contributed by atoms with van der Waals surface area (Å²) >= 11 is 5.98. The molecular formula is C19H19ClN4O2. The fraction of sp³-hybridized carbons (Fsp3) is 0.211. The Morgan fingerprint density at radius 2 is 2.04 bits per heavy atom. The van der Waals surface area contributed by atoms with Crippen LogP contribution in [-0.4, -0.2) is 27.3 Å². The summed E-state index contributed by atoms with van der Waals surface area (Å²) in [5.74, 6) is 0.428. The molecule has 2 aromatic carbocycles. The molecule has 0 saturated carbocycles. The van der Waals surface area contributed by atoms with Gasteiger partial charge in [-0.3, -0.25) is 4.79 Å². The Morgan fingerprint density at radius 1 is 1.27 bits per heavy atom. The highest BCUT2D eigenvalue weighted by atomic mass is 35.5. The van der Waals surface area contributed by atoms with Gasteiger partial charge in [0.1, 0.15) is 18.4 Å². The Labute approximate surface area is 156 Å². The number of nitrogens with one attached hydrogen (secondary N) is 1. The van der Waals surface area contributed by atoms with Crippen LogP contribution in [0.1, 0.15) is 24.1 Å². The van der Waals surface area contributed by atoms with Crippen LogP contribution in [-0.2, 0) is 4.79 Å². The first-order chi connectivity index (χ1) is 12.5. The molecule has 1 amide bonds. The normalized spacial score (nSPS) is 11.8.